The van der Waals surface area contributed by atoms with Crippen molar-refractivity contribution >= 4 is 15.9 Å². The molecule has 5 heteroatoms. The molecule has 0 atom stereocenters. The normalized spacial score (nSPS) is 13.9. The Morgan fingerprint density at radius 1 is 1.14 bits per heavy atom. The molecule has 0 amide bonds. The zero-order chi connectivity index (χ0) is 14.8. The molecule has 2 heterocycles. The van der Waals surface area contributed by atoms with Gasteiger partial charge in [0.05, 0.1) is 24.2 Å². The molecular weight excluding hydrogens is 332 g/mol. The molecule has 0 unspecified atom stereocenters. The minimum absolute atomic E-state index is 0.699. The summed E-state index contributed by atoms with van der Waals surface area (Å²) in [5.74, 6) is 1.63. The molecule has 0 radical (unpaired) electrons. The van der Waals surface area contributed by atoms with Crippen LogP contribution in [0, 0.1) is 13.8 Å². The summed E-state index contributed by atoms with van der Waals surface area (Å²) >= 11 is 3.58. The molecule has 3 rings (SSSR count). The highest BCUT2D eigenvalue weighted by Crippen LogP contribution is 2.38. The third-order valence-electron chi connectivity index (χ3n) is 3.57. The van der Waals surface area contributed by atoms with Crippen LogP contribution in [-0.2, 0) is 6.54 Å². The molecule has 1 aliphatic heterocycles. The van der Waals surface area contributed by atoms with Crippen LogP contribution in [0.25, 0.3) is 0 Å². The molecule has 0 spiro atoms. The van der Waals surface area contributed by atoms with E-state index in [0.717, 1.165) is 34.5 Å². The van der Waals surface area contributed by atoms with Gasteiger partial charge >= 0.3 is 0 Å². The number of hydrogen-bond donors (Lipinski definition) is 1. The number of halogens is 1. The molecule has 2 aromatic rings. The molecule has 0 saturated carbocycles. The molecule has 0 bridgehead atoms. The number of nitrogens with one attached hydrogen (secondary N) is 1. The van der Waals surface area contributed by atoms with Gasteiger partial charge in [-0.25, -0.2) is 0 Å². The fraction of sp³-hybridized carbons (Fsp3) is 0.375. The fourth-order valence-corrected chi connectivity index (χ4v) is 3.08. The number of rotatable bonds is 3. The third-order valence-corrected chi connectivity index (χ3v) is 4.16. The Bertz CT molecular complexity index is 632. The van der Waals surface area contributed by atoms with Gasteiger partial charge in [0.25, 0.3) is 0 Å². The van der Waals surface area contributed by atoms with Crippen molar-refractivity contribution in [2.45, 2.75) is 26.8 Å². The molecule has 1 aliphatic rings. The minimum atomic E-state index is 0.699. The lowest BCUT2D eigenvalue weighted by atomic mass is 10.2. The van der Waals surface area contributed by atoms with Crippen molar-refractivity contribution < 1.29 is 9.47 Å². The summed E-state index contributed by atoms with van der Waals surface area (Å²) in [6.07, 6.45) is 0.913. The zero-order valence-corrected chi connectivity index (χ0v) is 13.9. The van der Waals surface area contributed by atoms with E-state index < -0.39 is 0 Å². The molecule has 0 aliphatic carbocycles. The van der Waals surface area contributed by atoms with E-state index in [1.165, 1.54) is 11.4 Å². The van der Waals surface area contributed by atoms with Gasteiger partial charge in [0, 0.05) is 17.8 Å². The van der Waals surface area contributed by atoms with Gasteiger partial charge in [0.1, 0.15) is 0 Å². The molecule has 21 heavy (non-hydrogen) atoms. The summed E-state index contributed by atoms with van der Waals surface area (Å²) in [6, 6.07) is 8.33. The van der Waals surface area contributed by atoms with E-state index in [4.69, 9.17) is 9.47 Å². The third kappa shape index (κ3) is 3.02. The number of benzene rings is 1. The Labute approximate surface area is 133 Å². The van der Waals surface area contributed by atoms with Gasteiger partial charge in [-0.1, -0.05) is 0 Å². The SMILES string of the molecule is Cc1ccc(C)n1NCc1cc(Br)c2c(c1)OCCCO2. The highest BCUT2D eigenvalue weighted by Gasteiger charge is 2.15. The average Bonchev–Trinajstić information content (AvgIpc) is 2.67. The van der Waals surface area contributed by atoms with E-state index in [2.05, 4.69) is 58.1 Å². The minimum Gasteiger partial charge on any atom is -0.490 e. The Balaban J connectivity index is 1.80. The lowest BCUT2D eigenvalue weighted by Gasteiger charge is -2.15. The first kappa shape index (κ1) is 14.3. The number of aryl methyl sites for hydroxylation is 2. The number of ether oxygens (including phenoxy) is 2. The van der Waals surface area contributed by atoms with Crippen LogP contribution in [0.15, 0.2) is 28.7 Å². The van der Waals surface area contributed by atoms with Crippen molar-refractivity contribution in [2.24, 2.45) is 0 Å². The Morgan fingerprint density at radius 2 is 1.86 bits per heavy atom. The Hall–Kier alpha value is -1.62. The second kappa shape index (κ2) is 6.02. The van der Waals surface area contributed by atoms with Crippen LogP contribution >= 0.6 is 15.9 Å². The van der Waals surface area contributed by atoms with E-state index in [-0.39, 0.29) is 0 Å². The lowest BCUT2D eigenvalue weighted by molar-refractivity contribution is 0.296. The maximum absolute atomic E-state index is 5.76. The van der Waals surface area contributed by atoms with Crippen LogP contribution in [0.3, 0.4) is 0 Å². The number of aromatic nitrogens is 1. The summed E-state index contributed by atoms with van der Waals surface area (Å²) < 4.78 is 14.5. The molecule has 1 aromatic carbocycles. The topological polar surface area (TPSA) is 35.4 Å². The molecule has 112 valence electrons. The highest BCUT2D eigenvalue weighted by molar-refractivity contribution is 9.10. The van der Waals surface area contributed by atoms with Gasteiger partial charge in [-0.3, -0.25) is 4.68 Å². The monoisotopic (exact) mass is 350 g/mol. The van der Waals surface area contributed by atoms with E-state index in [0.29, 0.717) is 13.2 Å². The second-order valence-electron chi connectivity index (χ2n) is 5.24. The summed E-state index contributed by atoms with van der Waals surface area (Å²) in [7, 11) is 0. The second-order valence-corrected chi connectivity index (χ2v) is 6.10. The standard InChI is InChI=1S/C16H19BrN2O2/c1-11-4-5-12(2)19(11)18-10-13-8-14(17)16-15(9-13)20-6-3-7-21-16/h4-5,8-9,18H,3,6-7,10H2,1-2H3. The van der Waals surface area contributed by atoms with Gasteiger partial charge < -0.3 is 14.9 Å². The van der Waals surface area contributed by atoms with Crippen LogP contribution in [0.1, 0.15) is 23.4 Å². The molecular formula is C16H19BrN2O2. The smallest absolute Gasteiger partial charge is 0.175 e. The summed E-state index contributed by atoms with van der Waals surface area (Å²) in [5.41, 5.74) is 6.97. The Morgan fingerprint density at radius 3 is 2.62 bits per heavy atom. The van der Waals surface area contributed by atoms with Crippen LogP contribution in [0.5, 0.6) is 11.5 Å². The van der Waals surface area contributed by atoms with E-state index in [1.54, 1.807) is 0 Å². The quantitative estimate of drug-likeness (QED) is 0.914. The lowest BCUT2D eigenvalue weighted by Crippen LogP contribution is -2.17. The van der Waals surface area contributed by atoms with Crippen LogP contribution < -0.4 is 14.9 Å². The number of nitrogens with zero attached hydrogens (tertiary/aromatic N) is 1. The van der Waals surface area contributed by atoms with Gasteiger partial charge in [0.15, 0.2) is 11.5 Å². The maximum atomic E-state index is 5.76. The molecule has 1 N–H and O–H groups in total. The first-order valence-electron chi connectivity index (χ1n) is 7.12. The van der Waals surface area contributed by atoms with Crippen LogP contribution in [0.4, 0.5) is 0 Å². The summed E-state index contributed by atoms with van der Waals surface area (Å²) in [6.45, 7) is 6.30. The Kier molecular flexibility index (Phi) is 4.10. The van der Waals surface area contributed by atoms with Crippen molar-refractivity contribution in [3.8, 4) is 11.5 Å². The number of fused-ring (bicyclic) bond motifs is 1. The predicted molar refractivity (Wildman–Crippen MR) is 86.7 cm³/mol. The van der Waals surface area contributed by atoms with Crippen molar-refractivity contribution in [3.63, 3.8) is 0 Å². The van der Waals surface area contributed by atoms with Crippen LogP contribution in [-0.4, -0.2) is 17.9 Å². The van der Waals surface area contributed by atoms with Gasteiger partial charge in [-0.05, 0) is 59.6 Å². The van der Waals surface area contributed by atoms with Gasteiger partial charge in [-0.15, -0.1) is 0 Å². The van der Waals surface area contributed by atoms with E-state index in [9.17, 15) is 0 Å². The first-order valence-corrected chi connectivity index (χ1v) is 7.91. The van der Waals surface area contributed by atoms with E-state index >= 15 is 0 Å². The van der Waals surface area contributed by atoms with Gasteiger partial charge in [-0.2, -0.15) is 0 Å². The van der Waals surface area contributed by atoms with Gasteiger partial charge in [0.2, 0.25) is 0 Å². The van der Waals surface area contributed by atoms with Crippen molar-refractivity contribution in [2.75, 3.05) is 18.6 Å². The average molecular weight is 351 g/mol. The van der Waals surface area contributed by atoms with Crippen molar-refractivity contribution in [1.82, 2.24) is 4.68 Å². The molecule has 0 saturated heterocycles. The van der Waals surface area contributed by atoms with Crippen molar-refractivity contribution in [1.29, 1.82) is 0 Å². The number of hydrogen-bond acceptors (Lipinski definition) is 3. The zero-order valence-electron chi connectivity index (χ0n) is 12.3. The highest BCUT2D eigenvalue weighted by atomic mass is 79.9. The summed E-state index contributed by atoms with van der Waals surface area (Å²) in [4.78, 5) is 0. The molecule has 4 nitrogen and oxygen atoms in total. The summed E-state index contributed by atoms with van der Waals surface area (Å²) in [5, 5.41) is 0. The molecule has 0 fully saturated rings. The fourth-order valence-electron chi connectivity index (χ4n) is 2.47. The predicted octanol–water partition coefficient (Wildman–Crippen LogP) is 3.77. The largest absolute Gasteiger partial charge is 0.490 e. The van der Waals surface area contributed by atoms with Crippen molar-refractivity contribution in [3.05, 3.63) is 45.7 Å². The molecule has 1 aromatic heterocycles. The first-order chi connectivity index (χ1) is 10.1. The van der Waals surface area contributed by atoms with Crippen LogP contribution in [0.2, 0.25) is 0 Å². The maximum Gasteiger partial charge on any atom is 0.175 e. The van der Waals surface area contributed by atoms with E-state index in [1.807, 2.05) is 6.07 Å².